The Morgan fingerprint density at radius 1 is 1.00 bits per heavy atom. The molecule has 0 spiro atoms. The summed E-state index contributed by atoms with van der Waals surface area (Å²) < 4.78 is 5.05. The van der Waals surface area contributed by atoms with Gasteiger partial charge in [0.1, 0.15) is 0 Å². The Balaban J connectivity index is 2.00. The quantitative estimate of drug-likeness (QED) is 0.497. The number of hydrogen-bond donors (Lipinski definition) is 0. The predicted molar refractivity (Wildman–Crippen MR) is 84.4 cm³/mol. The summed E-state index contributed by atoms with van der Waals surface area (Å²) in [6, 6.07) is 15.6. The van der Waals surface area contributed by atoms with Crippen LogP contribution in [0.1, 0.15) is 22.8 Å². The fourth-order valence-corrected chi connectivity index (χ4v) is 2.25. The Labute approximate surface area is 132 Å². The van der Waals surface area contributed by atoms with Crippen molar-refractivity contribution < 1.29 is 19.1 Å². The van der Waals surface area contributed by atoms with Crippen molar-refractivity contribution in [3.05, 3.63) is 71.6 Å². The largest absolute Gasteiger partial charge is 0.404 e. The second kappa shape index (κ2) is 5.88. The van der Waals surface area contributed by atoms with E-state index in [1.807, 2.05) is 30.3 Å². The van der Waals surface area contributed by atoms with Gasteiger partial charge in [-0.25, -0.2) is 9.69 Å². The molecule has 2 aromatic carbocycles. The van der Waals surface area contributed by atoms with E-state index in [0.29, 0.717) is 11.3 Å². The van der Waals surface area contributed by atoms with Crippen LogP contribution in [0.2, 0.25) is 0 Å². The van der Waals surface area contributed by atoms with E-state index in [9.17, 15) is 14.4 Å². The zero-order valence-electron chi connectivity index (χ0n) is 12.4. The minimum Gasteiger partial charge on any atom is -0.402 e. The zero-order valence-corrected chi connectivity index (χ0v) is 12.4. The second-order valence-electron chi connectivity index (χ2n) is 5.03. The number of amides is 1. The maximum absolute atomic E-state index is 12.1. The number of Topliss-reactive ketones (excluding diaryl/α,β-unsaturated/α-hetero) is 1. The summed E-state index contributed by atoms with van der Waals surface area (Å²) in [6.07, 6.45) is 1.61. The van der Waals surface area contributed by atoms with Crippen molar-refractivity contribution in [1.29, 1.82) is 0 Å². The molecule has 114 valence electrons. The highest BCUT2D eigenvalue weighted by Crippen LogP contribution is 2.27. The molecule has 0 radical (unpaired) electrons. The highest BCUT2D eigenvalue weighted by atomic mass is 16.6. The summed E-state index contributed by atoms with van der Waals surface area (Å²) in [5, 5.41) is 0. The van der Waals surface area contributed by atoms with E-state index in [1.165, 1.54) is 11.8 Å². The number of esters is 1. The predicted octanol–water partition coefficient (Wildman–Crippen LogP) is 2.78. The van der Waals surface area contributed by atoms with Gasteiger partial charge < -0.3 is 4.74 Å². The Hall–Kier alpha value is -3.21. The van der Waals surface area contributed by atoms with Gasteiger partial charge in [-0.05, 0) is 36.8 Å². The first-order chi connectivity index (χ1) is 11.1. The van der Waals surface area contributed by atoms with Gasteiger partial charge in [-0.2, -0.15) is 0 Å². The topological polar surface area (TPSA) is 63.7 Å². The molecule has 1 amide bonds. The van der Waals surface area contributed by atoms with Crippen molar-refractivity contribution in [2.24, 2.45) is 0 Å². The minimum atomic E-state index is -0.928. The molecule has 0 aromatic heterocycles. The van der Waals surface area contributed by atoms with Crippen molar-refractivity contribution in [2.75, 3.05) is 4.90 Å². The van der Waals surface area contributed by atoms with Crippen LogP contribution in [0.4, 0.5) is 5.69 Å². The zero-order chi connectivity index (χ0) is 16.4. The van der Waals surface area contributed by atoms with E-state index in [2.05, 4.69) is 0 Å². The van der Waals surface area contributed by atoms with E-state index in [4.69, 9.17) is 4.74 Å². The van der Waals surface area contributed by atoms with Crippen molar-refractivity contribution in [3.8, 4) is 0 Å². The lowest BCUT2D eigenvalue weighted by Gasteiger charge is -2.14. The number of anilines is 1. The molecule has 5 heteroatoms. The van der Waals surface area contributed by atoms with Crippen LogP contribution in [0.3, 0.4) is 0 Å². The summed E-state index contributed by atoms with van der Waals surface area (Å²) in [5.41, 5.74) is 1.80. The third kappa shape index (κ3) is 2.89. The molecule has 1 heterocycles. The van der Waals surface area contributed by atoms with E-state index in [0.717, 1.165) is 5.56 Å². The summed E-state index contributed by atoms with van der Waals surface area (Å²) in [6.45, 7) is 1.46. The molecule has 1 aliphatic rings. The molecule has 1 aliphatic heterocycles. The van der Waals surface area contributed by atoms with Crippen molar-refractivity contribution >= 4 is 29.4 Å². The average molecular weight is 307 g/mol. The monoisotopic (exact) mass is 307 g/mol. The Bertz CT molecular complexity index is 807. The summed E-state index contributed by atoms with van der Waals surface area (Å²) in [7, 11) is 0. The standard InChI is InChI=1S/C18H13NO4/c1-12(20)14-7-9-15(10-8-14)19-16(23-18(22)17(19)21)11-13-5-3-2-4-6-13/h2-11H,1H3/b16-11-. The van der Waals surface area contributed by atoms with Gasteiger partial charge in [0.25, 0.3) is 0 Å². The van der Waals surface area contributed by atoms with Gasteiger partial charge in [-0.1, -0.05) is 30.3 Å². The van der Waals surface area contributed by atoms with Gasteiger partial charge in [0, 0.05) is 11.6 Å². The lowest BCUT2D eigenvalue weighted by atomic mass is 10.1. The number of carbonyl (C=O) groups excluding carboxylic acids is 3. The number of carbonyl (C=O) groups is 3. The SMILES string of the molecule is CC(=O)c1ccc(N2C(=O)C(=O)O/C2=C\c2ccccc2)cc1. The highest BCUT2D eigenvalue weighted by molar-refractivity contribution is 6.41. The molecule has 0 saturated carbocycles. The van der Waals surface area contributed by atoms with Crippen LogP contribution in [0.25, 0.3) is 6.08 Å². The van der Waals surface area contributed by atoms with Crippen LogP contribution in [0.15, 0.2) is 60.5 Å². The minimum absolute atomic E-state index is 0.0725. The molecular formula is C18H13NO4. The van der Waals surface area contributed by atoms with E-state index in [-0.39, 0.29) is 11.7 Å². The molecule has 23 heavy (non-hydrogen) atoms. The van der Waals surface area contributed by atoms with E-state index < -0.39 is 11.9 Å². The average Bonchev–Trinajstić information content (AvgIpc) is 2.83. The lowest BCUT2D eigenvalue weighted by Crippen LogP contribution is -2.26. The normalized spacial score (nSPS) is 15.9. The van der Waals surface area contributed by atoms with Gasteiger partial charge >= 0.3 is 11.9 Å². The number of rotatable bonds is 3. The third-order valence-electron chi connectivity index (χ3n) is 3.42. The van der Waals surface area contributed by atoms with Gasteiger partial charge in [0.2, 0.25) is 5.88 Å². The van der Waals surface area contributed by atoms with E-state index in [1.54, 1.807) is 30.3 Å². The molecule has 0 N–H and O–H groups in total. The Morgan fingerprint density at radius 2 is 1.65 bits per heavy atom. The van der Waals surface area contributed by atoms with E-state index >= 15 is 0 Å². The number of benzene rings is 2. The third-order valence-corrected chi connectivity index (χ3v) is 3.42. The summed E-state index contributed by atoms with van der Waals surface area (Å²) in [5.74, 6) is -1.62. The summed E-state index contributed by atoms with van der Waals surface area (Å²) in [4.78, 5) is 36.2. The first-order valence-electron chi connectivity index (χ1n) is 7.00. The van der Waals surface area contributed by atoms with Gasteiger partial charge in [-0.3, -0.25) is 9.59 Å². The first kappa shape index (κ1) is 14.7. The first-order valence-corrected chi connectivity index (χ1v) is 7.00. The van der Waals surface area contributed by atoms with Crippen LogP contribution in [-0.4, -0.2) is 17.7 Å². The molecule has 3 rings (SSSR count). The molecule has 2 aromatic rings. The number of cyclic esters (lactones) is 1. The number of nitrogens with zero attached hydrogens (tertiary/aromatic N) is 1. The molecular weight excluding hydrogens is 294 g/mol. The number of ether oxygens (including phenoxy) is 1. The highest BCUT2D eigenvalue weighted by Gasteiger charge is 2.37. The van der Waals surface area contributed by atoms with Crippen LogP contribution in [0.5, 0.6) is 0 Å². The fourth-order valence-electron chi connectivity index (χ4n) is 2.25. The molecule has 1 fully saturated rings. The van der Waals surface area contributed by atoms with Gasteiger partial charge in [0.05, 0.1) is 5.69 Å². The van der Waals surface area contributed by atoms with Crippen LogP contribution in [-0.2, 0) is 14.3 Å². The van der Waals surface area contributed by atoms with Crippen LogP contribution < -0.4 is 4.90 Å². The fraction of sp³-hybridized carbons (Fsp3) is 0.0556. The number of hydrogen-bond acceptors (Lipinski definition) is 4. The molecule has 0 atom stereocenters. The lowest BCUT2D eigenvalue weighted by molar-refractivity contribution is -0.145. The van der Waals surface area contributed by atoms with Gasteiger partial charge in [0.15, 0.2) is 5.78 Å². The van der Waals surface area contributed by atoms with Crippen molar-refractivity contribution in [3.63, 3.8) is 0 Å². The Kier molecular flexibility index (Phi) is 3.76. The molecule has 0 unspecified atom stereocenters. The Morgan fingerprint density at radius 3 is 2.26 bits per heavy atom. The molecule has 5 nitrogen and oxygen atoms in total. The van der Waals surface area contributed by atoms with Crippen molar-refractivity contribution in [2.45, 2.75) is 6.92 Å². The van der Waals surface area contributed by atoms with Crippen LogP contribution in [0, 0.1) is 0 Å². The maximum Gasteiger partial charge on any atom is 0.404 e. The maximum atomic E-state index is 12.1. The van der Waals surface area contributed by atoms with Crippen LogP contribution >= 0.6 is 0 Å². The van der Waals surface area contributed by atoms with Gasteiger partial charge in [-0.15, -0.1) is 0 Å². The molecule has 0 aliphatic carbocycles. The van der Waals surface area contributed by atoms with Crippen molar-refractivity contribution in [1.82, 2.24) is 0 Å². The molecule has 1 saturated heterocycles. The number of ketones is 1. The molecule has 0 bridgehead atoms. The summed E-state index contributed by atoms with van der Waals surface area (Å²) >= 11 is 0. The second-order valence-corrected chi connectivity index (χ2v) is 5.03. The smallest absolute Gasteiger partial charge is 0.402 e.